The molecule has 0 N–H and O–H groups in total. The van der Waals surface area contributed by atoms with E-state index in [4.69, 9.17) is 13.9 Å². The first-order valence-electron chi connectivity index (χ1n) is 8.48. The predicted molar refractivity (Wildman–Crippen MR) is 89.4 cm³/mol. The van der Waals surface area contributed by atoms with Crippen molar-refractivity contribution in [3.05, 3.63) is 0 Å². The highest BCUT2D eigenvalue weighted by Gasteiger charge is 2.49. The zero-order valence-corrected chi connectivity index (χ0v) is 16.2. The van der Waals surface area contributed by atoms with Crippen molar-refractivity contribution >= 4 is 14.1 Å². The van der Waals surface area contributed by atoms with Gasteiger partial charge in [-0.1, -0.05) is 20.8 Å². The number of carbonyl (C=O) groups is 1. The minimum atomic E-state index is -1.83. The van der Waals surface area contributed by atoms with E-state index in [0.717, 1.165) is 6.42 Å². The van der Waals surface area contributed by atoms with E-state index in [-0.39, 0.29) is 29.1 Å². The zero-order chi connectivity index (χ0) is 16.8. The van der Waals surface area contributed by atoms with Crippen molar-refractivity contribution in [3.8, 4) is 0 Å². The van der Waals surface area contributed by atoms with Crippen molar-refractivity contribution in [2.24, 2.45) is 0 Å². The summed E-state index contributed by atoms with van der Waals surface area (Å²) in [5.41, 5.74) is 0. The van der Waals surface area contributed by atoms with Gasteiger partial charge in [-0.3, -0.25) is 4.79 Å². The summed E-state index contributed by atoms with van der Waals surface area (Å²) in [6.45, 7) is 15.3. The minimum Gasteiger partial charge on any atom is -0.414 e. The third kappa shape index (κ3) is 3.99. The van der Waals surface area contributed by atoms with Crippen LogP contribution in [0, 0.1) is 0 Å². The standard InChI is InChI=1S/C17H32O4Si/c1-12-8-14(18)10-17(19-12)11-15(9-13(2)20-17)21-22(6,7)16(3,4)5/h12-13,15H,8-11H2,1-7H3/t12-,13+,15+,17+/m1/s1. The van der Waals surface area contributed by atoms with Crippen LogP contribution in [0.1, 0.15) is 60.3 Å². The molecule has 22 heavy (non-hydrogen) atoms. The number of carbonyl (C=O) groups excluding carboxylic acids is 1. The number of hydrogen-bond donors (Lipinski definition) is 0. The van der Waals surface area contributed by atoms with Gasteiger partial charge >= 0.3 is 0 Å². The predicted octanol–water partition coefficient (Wildman–Crippen LogP) is 4.04. The maximum Gasteiger partial charge on any atom is 0.192 e. The number of hydrogen-bond acceptors (Lipinski definition) is 4. The van der Waals surface area contributed by atoms with Gasteiger partial charge < -0.3 is 13.9 Å². The second-order valence-corrected chi connectivity index (χ2v) is 13.4. The molecular weight excluding hydrogens is 296 g/mol. The van der Waals surface area contributed by atoms with Crippen LogP contribution in [0.15, 0.2) is 0 Å². The molecule has 2 fully saturated rings. The molecule has 0 bridgehead atoms. The molecule has 2 aliphatic heterocycles. The van der Waals surface area contributed by atoms with Gasteiger partial charge in [0.25, 0.3) is 0 Å². The first kappa shape index (κ1) is 18.1. The highest BCUT2D eigenvalue weighted by Crippen LogP contribution is 2.43. The Balaban J connectivity index is 2.13. The van der Waals surface area contributed by atoms with Crippen LogP contribution in [-0.4, -0.2) is 38.2 Å². The van der Waals surface area contributed by atoms with Crippen molar-refractivity contribution in [1.29, 1.82) is 0 Å². The van der Waals surface area contributed by atoms with Crippen LogP contribution in [0.25, 0.3) is 0 Å². The van der Waals surface area contributed by atoms with Gasteiger partial charge in [-0.2, -0.15) is 0 Å². The summed E-state index contributed by atoms with van der Waals surface area (Å²) in [6, 6.07) is 0. The smallest absolute Gasteiger partial charge is 0.192 e. The second kappa shape index (κ2) is 6.00. The highest BCUT2D eigenvalue weighted by atomic mass is 28.4. The Labute approximate surface area is 136 Å². The van der Waals surface area contributed by atoms with Crippen LogP contribution in [0.3, 0.4) is 0 Å². The number of Topliss-reactive ketones (excluding diaryl/α,β-unsaturated/α-hetero) is 1. The normalized spacial score (nSPS) is 37.6. The third-order valence-electron chi connectivity index (χ3n) is 5.21. The maximum atomic E-state index is 12.0. The van der Waals surface area contributed by atoms with Crippen molar-refractivity contribution in [2.75, 3.05) is 0 Å². The Kier molecular flexibility index (Phi) is 4.94. The van der Waals surface area contributed by atoms with Crippen LogP contribution in [-0.2, 0) is 18.7 Å². The van der Waals surface area contributed by atoms with Gasteiger partial charge in [0.2, 0.25) is 0 Å². The monoisotopic (exact) mass is 328 g/mol. The Hall–Kier alpha value is -0.233. The van der Waals surface area contributed by atoms with Crippen LogP contribution in [0.4, 0.5) is 0 Å². The average molecular weight is 329 g/mol. The Morgan fingerprint density at radius 2 is 1.77 bits per heavy atom. The van der Waals surface area contributed by atoms with Gasteiger partial charge in [-0.15, -0.1) is 0 Å². The van der Waals surface area contributed by atoms with Gasteiger partial charge in [-0.25, -0.2) is 0 Å². The van der Waals surface area contributed by atoms with Gasteiger partial charge in [0, 0.05) is 12.8 Å². The van der Waals surface area contributed by atoms with Crippen molar-refractivity contribution in [2.45, 2.75) is 103 Å². The van der Waals surface area contributed by atoms with E-state index in [2.05, 4.69) is 40.8 Å². The minimum absolute atomic E-state index is 0.0571. The van der Waals surface area contributed by atoms with Crippen LogP contribution < -0.4 is 0 Å². The topological polar surface area (TPSA) is 44.8 Å². The first-order chi connectivity index (χ1) is 9.92. The molecule has 128 valence electrons. The zero-order valence-electron chi connectivity index (χ0n) is 15.2. The van der Waals surface area contributed by atoms with Crippen LogP contribution in [0.2, 0.25) is 18.1 Å². The average Bonchev–Trinajstić information content (AvgIpc) is 2.22. The molecule has 2 saturated heterocycles. The van der Waals surface area contributed by atoms with E-state index in [9.17, 15) is 4.79 Å². The van der Waals surface area contributed by atoms with Crippen LogP contribution >= 0.6 is 0 Å². The summed E-state index contributed by atoms with van der Waals surface area (Å²) in [5.74, 6) is -0.529. The molecule has 4 nitrogen and oxygen atoms in total. The van der Waals surface area contributed by atoms with Gasteiger partial charge in [-0.05, 0) is 38.4 Å². The largest absolute Gasteiger partial charge is 0.414 e. The lowest BCUT2D eigenvalue weighted by molar-refractivity contribution is -0.312. The van der Waals surface area contributed by atoms with Crippen molar-refractivity contribution in [1.82, 2.24) is 0 Å². The molecule has 0 unspecified atom stereocenters. The number of rotatable bonds is 2. The SMILES string of the molecule is C[C@@H]1CC(=O)C[C@]2(C[C@@H](O[Si](C)(C)C(C)(C)C)C[C@H](C)O2)O1. The van der Waals surface area contributed by atoms with E-state index < -0.39 is 14.1 Å². The molecule has 0 saturated carbocycles. The second-order valence-electron chi connectivity index (χ2n) is 8.63. The van der Waals surface area contributed by atoms with Crippen LogP contribution in [0.5, 0.6) is 0 Å². The fourth-order valence-electron chi connectivity index (χ4n) is 3.28. The Morgan fingerprint density at radius 1 is 1.18 bits per heavy atom. The first-order valence-corrected chi connectivity index (χ1v) is 11.4. The molecule has 2 rings (SSSR count). The van der Waals surface area contributed by atoms with E-state index in [1.807, 2.05) is 6.92 Å². The number of ketones is 1. The summed E-state index contributed by atoms with van der Waals surface area (Å²) in [6.07, 6.45) is 2.50. The van der Waals surface area contributed by atoms with Gasteiger partial charge in [0.05, 0.1) is 24.7 Å². The Bertz CT molecular complexity index is 425. The number of ether oxygens (including phenoxy) is 2. The summed E-state index contributed by atoms with van der Waals surface area (Å²) in [5, 5.41) is 0.179. The molecule has 0 radical (unpaired) electrons. The van der Waals surface area contributed by atoms with E-state index in [1.165, 1.54) is 0 Å². The molecule has 0 aliphatic carbocycles. The molecule has 0 amide bonds. The molecule has 2 heterocycles. The lowest BCUT2D eigenvalue weighted by atomic mass is 9.91. The molecular formula is C17H32O4Si. The van der Waals surface area contributed by atoms with Gasteiger partial charge in [0.15, 0.2) is 14.1 Å². The lowest BCUT2D eigenvalue weighted by Crippen LogP contribution is -2.55. The van der Waals surface area contributed by atoms with Crippen molar-refractivity contribution < 1.29 is 18.7 Å². The fraction of sp³-hybridized carbons (Fsp3) is 0.941. The quantitative estimate of drug-likeness (QED) is 0.718. The summed E-state index contributed by atoms with van der Waals surface area (Å²) >= 11 is 0. The molecule has 0 aromatic heterocycles. The summed E-state index contributed by atoms with van der Waals surface area (Å²) in [7, 11) is -1.83. The molecule has 4 atom stereocenters. The molecule has 0 aromatic rings. The summed E-state index contributed by atoms with van der Waals surface area (Å²) < 4.78 is 18.7. The van der Waals surface area contributed by atoms with E-state index >= 15 is 0 Å². The van der Waals surface area contributed by atoms with E-state index in [0.29, 0.717) is 19.3 Å². The third-order valence-corrected chi connectivity index (χ3v) is 9.75. The fourth-order valence-corrected chi connectivity index (χ4v) is 4.65. The molecule has 2 aliphatic rings. The maximum absolute atomic E-state index is 12.0. The van der Waals surface area contributed by atoms with Crippen molar-refractivity contribution in [3.63, 3.8) is 0 Å². The lowest BCUT2D eigenvalue weighted by Gasteiger charge is -2.49. The highest BCUT2D eigenvalue weighted by molar-refractivity contribution is 6.74. The van der Waals surface area contributed by atoms with E-state index in [1.54, 1.807) is 0 Å². The van der Waals surface area contributed by atoms with Gasteiger partial charge in [0.1, 0.15) is 5.78 Å². The Morgan fingerprint density at radius 3 is 2.32 bits per heavy atom. The molecule has 5 heteroatoms. The molecule has 0 aromatic carbocycles. The summed E-state index contributed by atoms with van der Waals surface area (Å²) in [4.78, 5) is 12.0. The molecule has 1 spiro atoms.